The first-order valence-electron chi connectivity index (χ1n) is 3.17. The molecule has 0 unspecified atom stereocenters. The van der Waals surface area contributed by atoms with Gasteiger partial charge in [0.2, 0.25) is 0 Å². The molecule has 0 aromatic heterocycles. The van der Waals surface area contributed by atoms with E-state index in [2.05, 4.69) is 0 Å². The number of aliphatic carboxylic acids is 3. The molecule has 0 aromatic carbocycles. The van der Waals surface area contributed by atoms with Gasteiger partial charge in [-0.3, -0.25) is 9.59 Å². The van der Waals surface area contributed by atoms with E-state index in [9.17, 15) is 14.4 Å². The molecule has 14 heteroatoms. The summed E-state index contributed by atoms with van der Waals surface area (Å²) in [5.41, 5.74) is -2.74. The number of carboxylic acid groups (broad SMARTS) is 3. The van der Waals surface area contributed by atoms with E-state index in [1.807, 2.05) is 0 Å². The molecule has 13 nitrogen and oxygen atoms in total. The van der Waals surface area contributed by atoms with Crippen molar-refractivity contribution in [1.29, 1.82) is 0 Å². The summed E-state index contributed by atoms with van der Waals surface area (Å²) in [6.07, 6.45) is -2.29. The van der Waals surface area contributed by atoms with Crippen LogP contribution in [0.2, 0.25) is 0 Å². The van der Waals surface area contributed by atoms with Crippen molar-refractivity contribution < 1.29 is 98.7 Å². The van der Waals surface area contributed by atoms with Gasteiger partial charge in [0.05, 0.1) is 12.8 Å². The van der Waals surface area contributed by atoms with Gasteiger partial charge >= 0.3 is 47.5 Å². The summed E-state index contributed by atoms with van der Waals surface area (Å²) in [6, 6.07) is 0. The molecule has 0 aromatic rings. The molecule has 0 atom stereocenters. The Balaban J connectivity index is -0.0000000257. The van der Waals surface area contributed by atoms with Crippen molar-refractivity contribution in [3.05, 3.63) is 0 Å². The Hall–Kier alpha value is -0.870. The van der Waals surface area contributed by atoms with Crippen LogP contribution in [0.1, 0.15) is 14.3 Å². The fourth-order valence-electron chi connectivity index (χ4n) is 0.714. The van der Waals surface area contributed by atoms with E-state index < -0.39 is 36.4 Å². The summed E-state index contributed by atoms with van der Waals surface area (Å²) < 4.78 is 0. The van der Waals surface area contributed by atoms with Gasteiger partial charge in [0.25, 0.3) is 0 Å². The summed E-state index contributed by atoms with van der Waals surface area (Å²) in [5, 5.41) is 33.8. The van der Waals surface area contributed by atoms with Crippen molar-refractivity contribution in [3.63, 3.8) is 0 Å². The van der Waals surface area contributed by atoms with Crippen LogP contribution < -0.4 is 29.6 Å². The fraction of sp³-hybridized carbons (Fsp3) is 0.500. The molecule has 0 heterocycles. The van der Waals surface area contributed by atoms with Crippen LogP contribution in [0.15, 0.2) is 0 Å². The van der Waals surface area contributed by atoms with Crippen LogP contribution in [-0.2, 0) is 14.4 Å². The number of hydrogen-bond acceptors (Lipinski definition) is 4. The monoisotopic (exact) mass is 324 g/mol. The smallest absolute Gasteiger partial charge is 1.00 e. The van der Waals surface area contributed by atoms with Crippen LogP contribution in [0, 0.1) is 0 Å². The zero-order valence-electron chi connectivity index (χ0n) is 11.4. The molecular formula is C6H21NaO13. The Labute approximate surface area is 135 Å². The summed E-state index contributed by atoms with van der Waals surface area (Å²) in [6.45, 7) is 0. The third kappa shape index (κ3) is 19.5. The molecular weight excluding hydrogens is 303 g/mol. The van der Waals surface area contributed by atoms with E-state index >= 15 is 0 Å². The maximum atomic E-state index is 10.3. The van der Waals surface area contributed by atoms with E-state index in [-0.39, 0.29) is 63.8 Å². The van der Waals surface area contributed by atoms with Crippen LogP contribution >= 0.6 is 0 Å². The number of carbonyl (C=O) groups is 3. The average molecular weight is 324 g/mol. The molecule has 20 heavy (non-hydrogen) atoms. The Bertz CT molecular complexity index is 243. The van der Waals surface area contributed by atoms with E-state index in [4.69, 9.17) is 20.4 Å². The standard InChI is InChI=1S/C6H8O7.Na.6H2O.H/c7-3(8)1-6(13,5(11)12)2-4(9)10;;;;;;;;/h13H,1-2H2,(H,7,8)(H,9,10)(H,11,12);;6*1H2;/q;+1;;;;;;;-1. The zero-order valence-corrected chi connectivity index (χ0v) is 12.4. The Morgan fingerprint density at radius 2 is 0.950 bits per heavy atom. The number of aliphatic hydroxyl groups is 1. The Morgan fingerprint density at radius 3 is 1.05 bits per heavy atom. The van der Waals surface area contributed by atoms with Crippen molar-refractivity contribution >= 4 is 17.9 Å². The van der Waals surface area contributed by atoms with Crippen molar-refractivity contribution in [2.75, 3.05) is 0 Å². The molecule has 0 saturated carbocycles. The Kier molecular flexibility index (Phi) is 51.9. The minimum absolute atomic E-state index is 0. The predicted molar refractivity (Wildman–Crippen MR) is 59.9 cm³/mol. The summed E-state index contributed by atoms with van der Waals surface area (Å²) in [4.78, 5) is 30.5. The van der Waals surface area contributed by atoms with Gasteiger partial charge in [0.15, 0.2) is 5.60 Å². The third-order valence-electron chi connectivity index (χ3n) is 1.29. The first kappa shape index (κ1) is 50.8. The van der Waals surface area contributed by atoms with Gasteiger partial charge < -0.3 is 54.7 Å². The van der Waals surface area contributed by atoms with Gasteiger partial charge in [-0.15, -0.1) is 0 Å². The van der Waals surface area contributed by atoms with E-state index in [1.165, 1.54) is 0 Å². The average Bonchev–Trinajstić information content (AvgIpc) is 1.82. The first-order chi connectivity index (χ1) is 5.78. The van der Waals surface area contributed by atoms with Crippen LogP contribution in [0.25, 0.3) is 0 Å². The van der Waals surface area contributed by atoms with Gasteiger partial charge in [0, 0.05) is 0 Å². The maximum absolute atomic E-state index is 10.3. The van der Waals surface area contributed by atoms with Gasteiger partial charge in [-0.25, -0.2) is 4.79 Å². The summed E-state index contributed by atoms with van der Waals surface area (Å²) in [7, 11) is 0. The summed E-state index contributed by atoms with van der Waals surface area (Å²) >= 11 is 0. The second-order valence-electron chi connectivity index (χ2n) is 2.48. The molecule has 0 aliphatic heterocycles. The summed E-state index contributed by atoms with van der Waals surface area (Å²) in [5.74, 6) is -5.02. The molecule has 124 valence electrons. The van der Waals surface area contributed by atoms with Crippen molar-refractivity contribution in [1.82, 2.24) is 0 Å². The minimum Gasteiger partial charge on any atom is -1.00 e. The molecule has 0 aliphatic rings. The predicted octanol–water partition coefficient (Wildman–Crippen LogP) is -9.08. The molecule has 0 rings (SSSR count). The molecule has 0 radical (unpaired) electrons. The van der Waals surface area contributed by atoms with E-state index in [1.54, 1.807) is 0 Å². The molecule has 0 spiro atoms. The molecule has 0 saturated heterocycles. The van der Waals surface area contributed by atoms with Gasteiger partial charge in [-0.1, -0.05) is 0 Å². The molecule has 0 aliphatic carbocycles. The van der Waals surface area contributed by atoms with Crippen molar-refractivity contribution in [2.24, 2.45) is 0 Å². The van der Waals surface area contributed by atoms with Gasteiger partial charge in [-0.2, -0.15) is 0 Å². The largest absolute Gasteiger partial charge is 1.00 e. The number of carboxylic acids is 3. The van der Waals surface area contributed by atoms with Gasteiger partial charge in [0.1, 0.15) is 0 Å². The van der Waals surface area contributed by atoms with E-state index in [0.29, 0.717) is 0 Å². The minimum atomic E-state index is -2.74. The SMILES string of the molecule is O.O.O.O.O.O.O=C(O)CC(O)(CC(=O)O)C(=O)O.[H-].[Na+]. The van der Waals surface area contributed by atoms with E-state index in [0.717, 1.165) is 0 Å². The van der Waals surface area contributed by atoms with Crippen LogP contribution in [0.3, 0.4) is 0 Å². The number of hydrogen-bond donors (Lipinski definition) is 4. The second kappa shape index (κ2) is 20.4. The van der Waals surface area contributed by atoms with Crippen LogP contribution in [-0.4, -0.2) is 76.8 Å². The quantitative estimate of drug-likeness (QED) is 0.353. The first-order valence-corrected chi connectivity index (χ1v) is 3.17. The van der Waals surface area contributed by atoms with Crippen molar-refractivity contribution in [3.8, 4) is 0 Å². The molecule has 16 N–H and O–H groups in total. The van der Waals surface area contributed by atoms with Crippen molar-refractivity contribution in [2.45, 2.75) is 18.4 Å². The van der Waals surface area contributed by atoms with Gasteiger partial charge in [-0.05, 0) is 0 Å². The third-order valence-corrected chi connectivity index (χ3v) is 1.29. The Morgan fingerprint density at radius 1 is 0.750 bits per heavy atom. The maximum Gasteiger partial charge on any atom is 1.00 e. The molecule has 0 bridgehead atoms. The normalized spacial score (nSPS) is 7.05. The topological polar surface area (TPSA) is 321 Å². The zero-order chi connectivity index (χ0) is 10.6. The molecule has 0 amide bonds. The number of rotatable bonds is 5. The molecule has 0 fully saturated rings. The second-order valence-corrected chi connectivity index (χ2v) is 2.48. The van der Waals surface area contributed by atoms with Crippen LogP contribution in [0.5, 0.6) is 0 Å². The van der Waals surface area contributed by atoms with Crippen LogP contribution in [0.4, 0.5) is 0 Å². The fourth-order valence-corrected chi connectivity index (χ4v) is 0.714.